The molecule has 0 heterocycles. The molecule has 2 amide bonds. The van der Waals surface area contributed by atoms with Gasteiger partial charge in [0.05, 0.1) is 0 Å². The lowest BCUT2D eigenvalue weighted by Gasteiger charge is -2.27. The van der Waals surface area contributed by atoms with E-state index in [2.05, 4.69) is 17.4 Å². The molecule has 0 aromatic heterocycles. The highest BCUT2D eigenvalue weighted by atomic mass is 16.5. The predicted molar refractivity (Wildman–Crippen MR) is 121 cm³/mol. The number of nitrogens with one attached hydrogen (secondary N) is 1. The van der Waals surface area contributed by atoms with Crippen LogP contribution in [0.25, 0.3) is 11.1 Å². The van der Waals surface area contributed by atoms with Crippen molar-refractivity contribution in [2.75, 3.05) is 20.2 Å². The summed E-state index contributed by atoms with van der Waals surface area (Å²) in [5.74, 6) is -1.37. The Morgan fingerprint density at radius 2 is 1.59 bits per heavy atom. The summed E-state index contributed by atoms with van der Waals surface area (Å²) in [6, 6.07) is 15.4. The third-order valence-electron chi connectivity index (χ3n) is 5.81. The number of fused-ring (bicyclic) bond motifs is 3. The van der Waals surface area contributed by atoms with Crippen LogP contribution in [-0.4, -0.2) is 54.2 Å². The van der Waals surface area contributed by atoms with E-state index in [-0.39, 0.29) is 30.8 Å². The Kier molecular flexibility index (Phi) is 7.51. The van der Waals surface area contributed by atoms with Crippen LogP contribution in [0.2, 0.25) is 0 Å². The lowest BCUT2D eigenvalue weighted by atomic mass is 9.98. The molecule has 0 radical (unpaired) electrons. The van der Waals surface area contributed by atoms with Gasteiger partial charge in [-0.1, -0.05) is 62.4 Å². The van der Waals surface area contributed by atoms with Crippen LogP contribution < -0.4 is 5.32 Å². The number of hydrogen-bond donors (Lipinski definition) is 2. The van der Waals surface area contributed by atoms with Crippen LogP contribution in [0.4, 0.5) is 4.79 Å². The van der Waals surface area contributed by atoms with Crippen LogP contribution in [-0.2, 0) is 14.3 Å². The minimum atomic E-state index is -0.900. The Balaban J connectivity index is 1.62. The first kappa shape index (κ1) is 23.3. The van der Waals surface area contributed by atoms with Gasteiger partial charge in [-0.05, 0) is 34.6 Å². The molecule has 7 heteroatoms. The second-order valence-electron chi connectivity index (χ2n) is 8.45. The number of alkyl carbamates (subject to hydrolysis) is 1. The first-order chi connectivity index (χ1) is 15.3. The van der Waals surface area contributed by atoms with Crippen molar-refractivity contribution in [1.82, 2.24) is 10.2 Å². The maximum atomic E-state index is 12.8. The third-order valence-corrected chi connectivity index (χ3v) is 5.81. The number of carboxylic acid groups (broad SMARTS) is 1. The molecular formula is C25H30N2O5. The van der Waals surface area contributed by atoms with Crippen molar-refractivity contribution in [2.45, 2.75) is 38.6 Å². The highest BCUT2D eigenvalue weighted by molar-refractivity contribution is 5.86. The van der Waals surface area contributed by atoms with E-state index in [1.165, 1.54) is 4.90 Å². The van der Waals surface area contributed by atoms with Gasteiger partial charge in [-0.25, -0.2) is 4.79 Å². The Morgan fingerprint density at radius 1 is 1.03 bits per heavy atom. The summed E-state index contributed by atoms with van der Waals surface area (Å²) in [6.07, 6.45) is -0.297. The molecule has 170 valence electrons. The summed E-state index contributed by atoms with van der Waals surface area (Å²) in [6.45, 7) is 4.17. The summed E-state index contributed by atoms with van der Waals surface area (Å²) in [4.78, 5) is 37.5. The summed E-state index contributed by atoms with van der Waals surface area (Å²) in [7, 11) is 1.61. The molecule has 2 aromatic rings. The van der Waals surface area contributed by atoms with Crippen LogP contribution in [0.3, 0.4) is 0 Å². The summed E-state index contributed by atoms with van der Waals surface area (Å²) >= 11 is 0. The van der Waals surface area contributed by atoms with E-state index in [1.54, 1.807) is 7.05 Å². The normalized spacial score (nSPS) is 13.2. The monoisotopic (exact) mass is 438 g/mol. The number of benzene rings is 2. The van der Waals surface area contributed by atoms with E-state index in [0.717, 1.165) is 22.3 Å². The lowest BCUT2D eigenvalue weighted by molar-refractivity contribution is -0.138. The zero-order valence-electron chi connectivity index (χ0n) is 18.7. The van der Waals surface area contributed by atoms with Gasteiger partial charge in [-0.3, -0.25) is 9.59 Å². The van der Waals surface area contributed by atoms with Gasteiger partial charge in [-0.15, -0.1) is 0 Å². The molecule has 3 rings (SSSR count). The van der Waals surface area contributed by atoms with Crippen molar-refractivity contribution in [3.05, 3.63) is 59.7 Å². The molecule has 7 nitrogen and oxygen atoms in total. The summed E-state index contributed by atoms with van der Waals surface area (Å²) in [5.41, 5.74) is 4.54. The molecule has 1 atom stereocenters. The number of rotatable bonds is 9. The molecule has 0 spiro atoms. The average Bonchev–Trinajstić information content (AvgIpc) is 3.09. The minimum Gasteiger partial charge on any atom is -0.481 e. The minimum absolute atomic E-state index is 0.0101. The number of carboxylic acids is 1. The number of hydrogen-bond acceptors (Lipinski definition) is 4. The number of amides is 2. The van der Waals surface area contributed by atoms with Crippen molar-refractivity contribution in [2.24, 2.45) is 5.92 Å². The quantitative estimate of drug-likeness (QED) is 0.620. The van der Waals surface area contributed by atoms with Crippen molar-refractivity contribution >= 4 is 18.0 Å². The van der Waals surface area contributed by atoms with Crippen LogP contribution in [0.1, 0.15) is 43.7 Å². The fraction of sp³-hybridized carbons (Fsp3) is 0.400. The Labute approximate surface area is 188 Å². The third kappa shape index (κ3) is 5.28. The van der Waals surface area contributed by atoms with E-state index >= 15 is 0 Å². The Bertz CT molecular complexity index is 942. The Hall–Kier alpha value is -3.35. The highest BCUT2D eigenvalue weighted by Crippen LogP contribution is 2.44. The molecule has 0 aliphatic heterocycles. The largest absolute Gasteiger partial charge is 0.481 e. The van der Waals surface area contributed by atoms with Gasteiger partial charge in [0, 0.05) is 25.9 Å². The van der Waals surface area contributed by atoms with Crippen molar-refractivity contribution in [1.29, 1.82) is 0 Å². The molecule has 0 bridgehead atoms. The van der Waals surface area contributed by atoms with Gasteiger partial charge in [0.15, 0.2) is 0 Å². The van der Waals surface area contributed by atoms with Crippen LogP contribution in [0, 0.1) is 5.92 Å². The fourth-order valence-corrected chi connectivity index (χ4v) is 4.10. The van der Waals surface area contributed by atoms with Gasteiger partial charge in [0.25, 0.3) is 0 Å². The van der Waals surface area contributed by atoms with Gasteiger partial charge in [0.2, 0.25) is 5.91 Å². The van der Waals surface area contributed by atoms with Gasteiger partial charge in [0.1, 0.15) is 12.6 Å². The van der Waals surface area contributed by atoms with Crippen molar-refractivity contribution < 1.29 is 24.2 Å². The molecule has 1 aliphatic rings. The Morgan fingerprint density at radius 3 is 2.12 bits per heavy atom. The maximum Gasteiger partial charge on any atom is 0.407 e. The molecular weight excluding hydrogens is 408 g/mol. The maximum absolute atomic E-state index is 12.8. The topological polar surface area (TPSA) is 95.9 Å². The lowest BCUT2D eigenvalue weighted by Crippen LogP contribution is -2.50. The second-order valence-corrected chi connectivity index (χ2v) is 8.45. The first-order valence-corrected chi connectivity index (χ1v) is 10.9. The van der Waals surface area contributed by atoms with Gasteiger partial charge < -0.3 is 20.1 Å². The van der Waals surface area contributed by atoms with Crippen LogP contribution in [0.5, 0.6) is 0 Å². The zero-order valence-corrected chi connectivity index (χ0v) is 18.7. The molecule has 1 aliphatic carbocycles. The van der Waals surface area contributed by atoms with Crippen LogP contribution in [0.15, 0.2) is 48.5 Å². The average molecular weight is 439 g/mol. The van der Waals surface area contributed by atoms with Gasteiger partial charge >= 0.3 is 12.1 Å². The molecule has 2 N–H and O–H groups in total. The van der Waals surface area contributed by atoms with E-state index in [9.17, 15) is 14.4 Å². The zero-order chi connectivity index (χ0) is 23.3. The van der Waals surface area contributed by atoms with E-state index in [1.807, 2.05) is 50.2 Å². The van der Waals surface area contributed by atoms with Crippen LogP contribution >= 0.6 is 0 Å². The van der Waals surface area contributed by atoms with Crippen molar-refractivity contribution in [3.8, 4) is 11.1 Å². The molecule has 0 saturated carbocycles. The smallest absolute Gasteiger partial charge is 0.407 e. The summed E-state index contributed by atoms with van der Waals surface area (Å²) < 4.78 is 5.56. The SMILES string of the molecule is CC(C)[C@@H](NC(=O)OCC1c2ccccc2-c2ccccc21)C(=O)N(C)CCCC(=O)O. The van der Waals surface area contributed by atoms with E-state index in [0.29, 0.717) is 13.0 Å². The fourth-order valence-electron chi connectivity index (χ4n) is 4.10. The molecule has 0 fully saturated rings. The number of aliphatic carboxylic acids is 1. The number of carbonyl (C=O) groups is 3. The van der Waals surface area contributed by atoms with E-state index < -0.39 is 18.1 Å². The molecule has 0 saturated heterocycles. The summed E-state index contributed by atoms with van der Waals surface area (Å²) in [5, 5.41) is 11.5. The number of ether oxygens (including phenoxy) is 1. The second kappa shape index (κ2) is 10.3. The predicted octanol–water partition coefficient (Wildman–Crippen LogP) is 3.87. The van der Waals surface area contributed by atoms with Crippen molar-refractivity contribution in [3.63, 3.8) is 0 Å². The molecule has 32 heavy (non-hydrogen) atoms. The number of nitrogens with zero attached hydrogens (tertiary/aromatic N) is 1. The number of likely N-dealkylation sites (N-methyl/N-ethyl adjacent to an activating group) is 1. The van der Waals surface area contributed by atoms with Gasteiger partial charge in [-0.2, -0.15) is 0 Å². The highest BCUT2D eigenvalue weighted by Gasteiger charge is 2.31. The first-order valence-electron chi connectivity index (χ1n) is 10.9. The van der Waals surface area contributed by atoms with E-state index in [4.69, 9.17) is 9.84 Å². The molecule has 0 unspecified atom stereocenters. The molecule has 2 aromatic carbocycles. The standard InChI is InChI=1S/C25H30N2O5/c1-16(2)23(24(30)27(3)14-8-13-22(28)29)26-25(31)32-15-21-19-11-6-4-9-17(19)18-10-5-7-12-20(18)21/h4-7,9-12,16,21,23H,8,13-15H2,1-3H3,(H,26,31)(H,28,29)/t23-/m1/s1. The number of carbonyl (C=O) groups excluding carboxylic acids is 2.